The van der Waals surface area contributed by atoms with Crippen molar-refractivity contribution < 1.29 is 4.74 Å². The van der Waals surface area contributed by atoms with E-state index in [9.17, 15) is 0 Å². The van der Waals surface area contributed by atoms with Crippen LogP contribution in [0.15, 0.2) is 0 Å². The van der Waals surface area contributed by atoms with Crippen LogP contribution < -0.4 is 10.6 Å². The van der Waals surface area contributed by atoms with Crippen LogP contribution in [-0.2, 0) is 4.74 Å². The Morgan fingerprint density at radius 2 is 1.56 bits per heavy atom. The monoisotopic (exact) mass is 130 g/mol. The molecular weight excluding hydrogens is 116 g/mol. The minimum Gasteiger partial charge on any atom is -0.345 e. The summed E-state index contributed by atoms with van der Waals surface area (Å²) in [4.78, 5) is 0. The van der Waals surface area contributed by atoms with Gasteiger partial charge in [-0.05, 0) is 26.9 Å². The van der Waals surface area contributed by atoms with Gasteiger partial charge in [-0.15, -0.1) is 0 Å². The molecule has 0 saturated carbocycles. The fraction of sp³-hybridized carbons (Fsp3) is 1.00. The Bertz CT molecular complexity index is 77.1. The first-order valence-corrected chi connectivity index (χ1v) is 3.37. The Morgan fingerprint density at radius 3 is 1.78 bits per heavy atom. The van der Waals surface area contributed by atoms with Crippen LogP contribution in [0.5, 0.6) is 0 Å². The molecule has 2 atom stereocenters. The Morgan fingerprint density at radius 1 is 1.11 bits per heavy atom. The van der Waals surface area contributed by atoms with Gasteiger partial charge in [0.2, 0.25) is 0 Å². The van der Waals surface area contributed by atoms with Gasteiger partial charge in [-0.25, -0.2) is 0 Å². The quantitative estimate of drug-likeness (QED) is 0.547. The highest BCUT2D eigenvalue weighted by Crippen LogP contribution is 2.14. The van der Waals surface area contributed by atoms with E-state index >= 15 is 0 Å². The van der Waals surface area contributed by atoms with E-state index in [2.05, 4.69) is 10.6 Å². The van der Waals surface area contributed by atoms with Crippen LogP contribution in [0.2, 0.25) is 0 Å². The van der Waals surface area contributed by atoms with Crippen LogP contribution >= 0.6 is 0 Å². The fourth-order valence-electron chi connectivity index (χ4n) is 1.06. The van der Waals surface area contributed by atoms with Crippen LogP contribution in [-0.4, -0.2) is 26.6 Å². The molecule has 3 nitrogen and oxygen atoms in total. The molecule has 2 N–H and O–H groups in total. The summed E-state index contributed by atoms with van der Waals surface area (Å²) in [5, 5.41) is 6.13. The first kappa shape index (κ1) is 6.99. The zero-order valence-electron chi connectivity index (χ0n) is 5.98. The number of hydrogen-bond donors (Lipinski definition) is 2. The van der Waals surface area contributed by atoms with Crippen LogP contribution in [0.3, 0.4) is 0 Å². The van der Waals surface area contributed by atoms with Gasteiger partial charge >= 0.3 is 0 Å². The zero-order valence-corrected chi connectivity index (χ0v) is 5.98. The number of nitrogens with one attached hydrogen (secondary N) is 2. The van der Waals surface area contributed by atoms with E-state index in [-0.39, 0.29) is 12.5 Å². The van der Waals surface area contributed by atoms with Crippen LogP contribution in [0.1, 0.15) is 12.8 Å². The Labute approximate surface area is 55.8 Å². The molecule has 1 heterocycles. The highest BCUT2D eigenvalue weighted by Gasteiger charge is 2.21. The van der Waals surface area contributed by atoms with Gasteiger partial charge in [0, 0.05) is 0 Å². The maximum atomic E-state index is 5.44. The summed E-state index contributed by atoms with van der Waals surface area (Å²) < 4.78 is 5.44. The summed E-state index contributed by atoms with van der Waals surface area (Å²) in [6.45, 7) is 0. The average molecular weight is 130 g/mol. The summed E-state index contributed by atoms with van der Waals surface area (Å²) in [7, 11) is 3.84. The lowest BCUT2D eigenvalue weighted by molar-refractivity contribution is 0.0167. The second kappa shape index (κ2) is 3.15. The first-order chi connectivity index (χ1) is 4.36. The summed E-state index contributed by atoms with van der Waals surface area (Å²) in [5.74, 6) is 0. The van der Waals surface area contributed by atoms with Crippen molar-refractivity contribution in [3.8, 4) is 0 Å². The number of ether oxygens (including phenoxy) is 1. The first-order valence-electron chi connectivity index (χ1n) is 3.37. The molecule has 1 aliphatic heterocycles. The minimum absolute atomic E-state index is 0.266. The predicted molar refractivity (Wildman–Crippen MR) is 36.0 cm³/mol. The fourth-order valence-corrected chi connectivity index (χ4v) is 1.06. The molecule has 0 aromatic rings. The van der Waals surface area contributed by atoms with Gasteiger partial charge in [-0.2, -0.15) is 0 Å². The third-order valence-corrected chi connectivity index (χ3v) is 1.66. The number of rotatable bonds is 2. The summed E-state index contributed by atoms with van der Waals surface area (Å²) in [5.41, 5.74) is 0. The van der Waals surface area contributed by atoms with Gasteiger partial charge in [0.25, 0.3) is 0 Å². The summed E-state index contributed by atoms with van der Waals surface area (Å²) >= 11 is 0. The smallest absolute Gasteiger partial charge is 0.110 e. The van der Waals surface area contributed by atoms with Crippen molar-refractivity contribution >= 4 is 0 Å². The molecule has 0 aromatic carbocycles. The van der Waals surface area contributed by atoms with E-state index in [0.717, 1.165) is 12.8 Å². The normalized spacial score (nSPS) is 35.3. The third kappa shape index (κ3) is 1.64. The number of hydrogen-bond acceptors (Lipinski definition) is 3. The molecule has 1 rings (SSSR count). The third-order valence-electron chi connectivity index (χ3n) is 1.66. The van der Waals surface area contributed by atoms with Gasteiger partial charge in [0.1, 0.15) is 12.5 Å². The second-order valence-corrected chi connectivity index (χ2v) is 2.27. The van der Waals surface area contributed by atoms with Crippen molar-refractivity contribution in [2.24, 2.45) is 0 Å². The standard InChI is InChI=1S/C6H14N2O/c1-7-5-3-4-6(8-2)9-5/h5-8H,3-4H2,1-2H3. The highest BCUT2D eigenvalue weighted by molar-refractivity contribution is 4.67. The van der Waals surface area contributed by atoms with Crippen molar-refractivity contribution in [3.05, 3.63) is 0 Å². The summed E-state index contributed by atoms with van der Waals surface area (Å²) in [6, 6.07) is 0. The van der Waals surface area contributed by atoms with E-state index < -0.39 is 0 Å². The van der Waals surface area contributed by atoms with Crippen molar-refractivity contribution in [2.75, 3.05) is 14.1 Å². The molecule has 1 saturated heterocycles. The highest BCUT2D eigenvalue weighted by atomic mass is 16.5. The van der Waals surface area contributed by atoms with Gasteiger partial charge in [-0.3, -0.25) is 10.6 Å². The molecule has 0 radical (unpaired) electrons. The maximum Gasteiger partial charge on any atom is 0.110 e. The Balaban J connectivity index is 2.20. The molecule has 0 aliphatic carbocycles. The van der Waals surface area contributed by atoms with Crippen molar-refractivity contribution in [1.82, 2.24) is 10.6 Å². The average Bonchev–Trinajstić information content (AvgIpc) is 2.34. The lowest BCUT2D eigenvalue weighted by Gasteiger charge is -2.10. The SMILES string of the molecule is CNC1CCC(NC)O1. The van der Waals surface area contributed by atoms with E-state index in [0.29, 0.717) is 0 Å². The predicted octanol–water partition coefficient (Wildman–Crippen LogP) is -0.112. The molecule has 9 heavy (non-hydrogen) atoms. The second-order valence-electron chi connectivity index (χ2n) is 2.27. The molecular formula is C6H14N2O. The van der Waals surface area contributed by atoms with E-state index in [1.54, 1.807) is 0 Å². The molecule has 1 aliphatic rings. The lowest BCUT2D eigenvalue weighted by Crippen LogP contribution is -2.29. The minimum atomic E-state index is 0.266. The van der Waals surface area contributed by atoms with Crippen LogP contribution in [0.25, 0.3) is 0 Å². The van der Waals surface area contributed by atoms with Gasteiger partial charge in [0.05, 0.1) is 0 Å². The van der Waals surface area contributed by atoms with Crippen molar-refractivity contribution in [3.63, 3.8) is 0 Å². The van der Waals surface area contributed by atoms with Crippen LogP contribution in [0.4, 0.5) is 0 Å². The molecule has 54 valence electrons. The molecule has 0 bridgehead atoms. The van der Waals surface area contributed by atoms with Crippen molar-refractivity contribution in [2.45, 2.75) is 25.3 Å². The largest absolute Gasteiger partial charge is 0.345 e. The Hall–Kier alpha value is -0.120. The van der Waals surface area contributed by atoms with Crippen molar-refractivity contribution in [1.29, 1.82) is 0 Å². The van der Waals surface area contributed by atoms with Gasteiger partial charge in [-0.1, -0.05) is 0 Å². The summed E-state index contributed by atoms with van der Waals surface area (Å²) in [6.07, 6.45) is 2.76. The van der Waals surface area contributed by atoms with E-state index in [1.807, 2.05) is 14.1 Å². The molecule has 0 aromatic heterocycles. The Kier molecular flexibility index (Phi) is 2.45. The molecule has 2 unspecified atom stereocenters. The molecule has 1 fully saturated rings. The molecule has 3 heteroatoms. The van der Waals surface area contributed by atoms with Crippen LogP contribution in [0, 0.1) is 0 Å². The topological polar surface area (TPSA) is 33.3 Å². The molecule has 0 amide bonds. The maximum absolute atomic E-state index is 5.44. The van der Waals surface area contributed by atoms with Gasteiger partial charge in [0.15, 0.2) is 0 Å². The van der Waals surface area contributed by atoms with Gasteiger partial charge < -0.3 is 4.74 Å². The van der Waals surface area contributed by atoms with E-state index in [1.165, 1.54) is 0 Å². The molecule has 0 spiro atoms. The lowest BCUT2D eigenvalue weighted by atomic mass is 10.3. The van der Waals surface area contributed by atoms with E-state index in [4.69, 9.17) is 4.74 Å². The zero-order chi connectivity index (χ0) is 6.69.